The molecule has 0 unspecified atom stereocenters. The normalized spacial score (nSPS) is 13.2. The van der Waals surface area contributed by atoms with Crippen molar-refractivity contribution >= 4 is 43.1 Å². The molecule has 0 N–H and O–H groups in total. The zero-order valence-electron chi connectivity index (χ0n) is 29.8. The molecule has 0 heterocycles. The van der Waals surface area contributed by atoms with Crippen molar-refractivity contribution in [2.24, 2.45) is 0 Å². The molecule has 0 saturated heterocycles. The predicted molar refractivity (Wildman–Crippen MR) is 227 cm³/mol. The van der Waals surface area contributed by atoms with Gasteiger partial charge in [0.05, 0.1) is 0 Å². The summed E-state index contributed by atoms with van der Waals surface area (Å²) in [7, 11) is 0. The van der Waals surface area contributed by atoms with Crippen LogP contribution in [0.5, 0.6) is 0 Å². The van der Waals surface area contributed by atoms with Gasteiger partial charge >= 0.3 is 0 Å². The Labute approximate surface area is 310 Å². The van der Waals surface area contributed by atoms with Crippen molar-refractivity contribution in [2.75, 3.05) is 0 Å². The van der Waals surface area contributed by atoms with Gasteiger partial charge in [-0.15, -0.1) is 0 Å². The minimum absolute atomic E-state index is 0.0202. The van der Waals surface area contributed by atoms with E-state index in [0.29, 0.717) is 0 Å². The lowest BCUT2D eigenvalue weighted by Gasteiger charge is -2.22. The second kappa shape index (κ2) is 11.2. The third-order valence-electron chi connectivity index (χ3n) is 12.0. The summed E-state index contributed by atoms with van der Waals surface area (Å²) >= 11 is 0. The standard InChI is InChI=1S/C53H36/c1-53(2)49-13-6-5-12-43(49)44-27-26-42(31-50(44)53)35-16-21-37(22-17-35)48-32-47(45-28-24-38-10-7-11-39-25-29-46(48)52(45)51(38)39)36-19-14-34(15-20-36)41-23-18-33-8-3-4-9-40(33)30-41/h3-32H,1-2H3. The molecule has 0 saturated carbocycles. The van der Waals surface area contributed by atoms with Gasteiger partial charge in [0, 0.05) is 5.41 Å². The molecule has 0 nitrogen and oxygen atoms in total. The minimum Gasteiger partial charge on any atom is -0.0619 e. The first-order valence-corrected chi connectivity index (χ1v) is 18.7. The quantitative estimate of drug-likeness (QED) is 0.163. The van der Waals surface area contributed by atoms with Crippen molar-refractivity contribution in [3.05, 3.63) is 193 Å². The number of hydrogen-bond donors (Lipinski definition) is 0. The van der Waals surface area contributed by atoms with Crippen LogP contribution in [0.25, 0.3) is 98.7 Å². The van der Waals surface area contributed by atoms with Crippen LogP contribution >= 0.6 is 0 Å². The molecule has 0 atom stereocenters. The summed E-state index contributed by atoms with van der Waals surface area (Å²) in [5.41, 5.74) is 15.5. The van der Waals surface area contributed by atoms with Crippen LogP contribution in [0.2, 0.25) is 0 Å². The highest BCUT2D eigenvalue weighted by atomic mass is 14.4. The van der Waals surface area contributed by atoms with Crippen LogP contribution in [0.3, 0.4) is 0 Å². The zero-order chi connectivity index (χ0) is 35.3. The van der Waals surface area contributed by atoms with E-state index >= 15 is 0 Å². The van der Waals surface area contributed by atoms with Gasteiger partial charge in [0.2, 0.25) is 0 Å². The molecule has 0 radical (unpaired) electrons. The smallest absolute Gasteiger partial charge is 0.0159 e. The lowest BCUT2D eigenvalue weighted by atomic mass is 9.81. The lowest BCUT2D eigenvalue weighted by Crippen LogP contribution is -2.14. The maximum Gasteiger partial charge on any atom is 0.0159 e. The van der Waals surface area contributed by atoms with Gasteiger partial charge in [0.15, 0.2) is 0 Å². The molecule has 11 rings (SSSR count). The average molecular weight is 673 g/mol. The second-order valence-corrected chi connectivity index (χ2v) is 15.3. The van der Waals surface area contributed by atoms with Gasteiger partial charge in [0.1, 0.15) is 0 Å². The van der Waals surface area contributed by atoms with Crippen LogP contribution in [-0.4, -0.2) is 0 Å². The van der Waals surface area contributed by atoms with E-state index in [2.05, 4.69) is 196 Å². The van der Waals surface area contributed by atoms with E-state index in [1.807, 2.05) is 0 Å². The largest absolute Gasteiger partial charge is 0.0619 e. The van der Waals surface area contributed by atoms with E-state index in [1.54, 1.807) is 0 Å². The number of benzene rings is 10. The predicted octanol–water partition coefficient (Wildman–Crippen LogP) is 14.7. The Morgan fingerprint density at radius 2 is 0.774 bits per heavy atom. The molecule has 1 aliphatic carbocycles. The molecule has 53 heavy (non-hydrogen) atoms. The fourth-order valence-electron chi connectivity index (χ4n) is 9.25. The number of fused-ring (bicyclic) bond motifs is 4. The van der Waals surface area contributed by atoms with Crippen LogP contribution in [0, 0.1) is 0 Å². The molecule has 0 fully saturated rings. The van der Waals surface area contributed by atoms with Crippen LogP contribution in [-0.2, 0) is 5.41 Å². The van der Waals surface area contributed by atoms with Gasteiger partial charge < -0.3 is 0 Å². The first-order valence-electron chi connectivity index (χ1n) is 18.7. The van der Waals surface area contributed by atoms with Gasteiger partial charge in [-0.3, -0.25) is 0 Å². The molecule has 10 aromatic rings. The van der Waals surface area contributed by atoms with Crippen LogP contribution in [0.4, 0.5) is 0 Å². The number of hydrogen-bond acceptors (Lipinski definition) is 0. The molecule has 0 aliphatic heterocycles. The number of rotatable bonds is 4. The molecule has 1 aliphatic rings. The SMILES string of the molecule is CC1(C)c2ccccc2-c2ccc(-c3ccc(-c4cc(-c5ccc(-c6ccc7ccccc7c6)cc5)c5ccc6cccc7ccc4c5c76)cc3)cc21. The molecule has 0 amide bonds. The molecule has 0 bridgehead atoms. The summed E-state index contributed by atoms with van der Waals surface area (Å²) < 4.78 is 0. The Morgan fingerprint density at radius 1 is 0.283 bits per heavy atom. The summed E-state index contributed by atoms with van der Waals surface area (Å²) in [5.74, 6) is 0. The van der Waals surface area contributed by atoms with E-state index in [9.17, 15) is 0 Å². The van der Waals surface area contributed by atoms with Crippen LogP contribution < -0.4 is 0 Å². The van der Waals surface area contributed by atoms with Crippen molar-refractivity contribution in [3.8, 4) is 55.6 Å². The third kappa shape index (κ3) is 4.55. The van der Waals surface area contributed by atoms with Crippen molar-refractivity contribution in [2.45, 2.75) is 19.3 Å². The summed E-state index contributed by atoms with van der Waals surface area (Å²) in [6.07, 6.45) is 0. The van der Waals surface area contributed by atoms with Crippen molar-refractivity contribution < 1.29 is 0 Å². The Kier molecular flexibility index (Phi) is 6.40. The van der Waals surface area contributed by atoms with E-state index < -0.39 is 0 Å². The van der Waals surface area contributed by atoms with E-state index in [-0.39, 0.29) is 5.41 Å². The summed E-state index contributed by atoms with van der Waals surface area (Å²) in [6.45, 7) is 4.71. The van der Waals surface area contributed by atoms with E-state index in [1.165, 1.54) is 110 Å². The Balaban J connectivity index is 1.04. The lowest BCUT2D eigenvalue weighted by molar-refractivity contribution is 0.660. The fourth-order valence-corrected chi connectivity index (χ4v) is 9.25. The van der Waals surface area contributed by atoms with E-state index in [4.69, 9.17) is 0 Å². The maximum absolute atomic E-state index is 2.43. The van der Waals surface area contributed by atoms with Crippen molar-refractivity contribution in [1.82, 2.24) is 0 Å². The second-order valence-electron chi connectivity index (χ2n) is 15.3. The summed E-state index contributed by atoms with van der Waals surface area (Å²) in [4.78, 5) is 0. The fraction of sp³-hybridized carbons (Fsp3) is 0.0566. The Bertz CT molecular complexity index is 3030. The van der Waals surface area contributed by atoms with Crippen LogP contribution in [0.15, 0.2) is 182 Å². The van der Waals surface area contributed by atoms with Crippen LogP contribution in [0.1, 0.15) is 25.0 Å². The van der Waals surface area contributed by atoms with E-state index in [0.717, 1.165) is 0 Å². The maximum atomic E-state index is 2.43. The zero-order valence-corrected chi connectivity index (χ0v) is 29.8. The van der Waals surface area contributed by atoms with Gasteiger partial charge in [0.25, 0.3) is 0 Å². The highest BCUT2D eigenvalue weighted by molar-refractivity contribution is 6.28. The van der Waals surface area contributed by atoms with Gasteiger partial charge in [-0.25, -0.2) is 0 Å². The minimum atomic E-state index is -0.0202. The topological polar surface area (TPSA) is 0 Å². The molecule has 10 aromatic carbocycles. The molecule has 0 spiro atoms. The van der Waals surface area contributed by atoms with Gasteiger partial charge in [-0.05, 0) is 128 Å². The summed E-state index contributed by atoms with van der Waals surface area (Å²) in [6, 6.07) is 68.0. The molecule has 248 valence electrons. The Morgan fingerprint density at radius 3 is 1.45 bits per heavy atom. The van der Waals surface area contributed by atoms with Crippen molar-refractivity contribution in [3.63, 3.8) is 0 Å². The molecular formula is C53H36. The first kappa shape index (κ1) is 30.2. The third-order valence-corrected chi connectivity index (χ3v) is 12.0. The first-order chi connectivity index (χ1) is 26.0. The molecular weight excluding hydrogens is 637 g/mol. The monoisotopic (exact) mass is 672 g/mol. The molecule has 0 heteroatoms. The highest BCUT2D eigenvalue weighted by Gasteiger charge is 2.35. The van der Waals surface area contributed by atoms with Crippen molar-refractivity contribution in [1.29, 1.82) is 0 Å². The highest BCUT2D eigenvalue weighted by Crippen LogP contribution is 2.50. The van der Waals surface area contributed by atoms with Gasteiger partial charge in [-0.2, -0.15) is 0 Å². The molecule has 0 aromatic heterocycles. The Hall–Kier alpha value is -6.50. The average Bonchev–Trinajstić information content (AvgIpc) is 3.45. The van der Waals surface area contributed by atoms with Gasteiger partial charge in [-0.1, -0.05) is 178 Å². The summed E-state index contributed by atoms with van der Waals surface area (Å²) in [5, 5.41) is 10.4.